The Hall–Kier alpha value is -5.02. The van der Waals surface area contributed by atoms with Gasteiger partial charge in [0.2, 0.25) is 0 Å². The van der Waals surface area contributed by atoms with E-state index >= 15 is 0 Å². The summed E-state index contributed by atoms with van der Waals surface area (Å²) < 4.78 is 14.3. The lowest BCUT2D eigenvalue weighted by Gasteiger charge is -2.24. The maximum atomic E-state index is 14.1. The molecule has 0 aliphatic carbocycles. The molecule has 5 aromatic rings. The van der Waals surface area contributed by atoms with Gasteiger partial charge >= 0.3 is 5.97 Å². The van der Waals surface area contributed by atoms with Crippen LogP contribution in [0.5, 0.6) is 5.75 Å². The quantitative estimate of drug-likeness (QED) is 0.276. The maximum absolute atomic E-state index is 14.1. The van der Waals surface area contributed by atoms with Gasteiger partial charge in [0.05, 0.1) is 47.4 Å². The molecule has 1 aliphatic heterocycles. The van der Waals surface area contributed by atoms with Crippen LogP contribution < -0.4 is 19.6 Å². The fourth-order valence-electron chi connectivity index (χ4n) is 5.08. The number of benzene rings is 3. The zero-order valence-electron chi connectivity index (χ0n) is 23.6. The number of esters is 1. The molecule has 6 rings (SSSR count). The van der Waals surface area contributed by atoms with Crippen molar-refractivity contribution in [1.29, 1.82) is 0 Å². The van der Waals surface area contributed by atoms with Gasteiger partial charge in [0.15, 0.2) is 4.80 Å². The Labute approximate surface area is 246 Å². The summed E-state index contributed by atoms with van der Waals surface area (Å²) in [5, 5.41) is 4.90. The molecule has 3 heterocycles. The first-order chi connectivity index (χ1) is 20.4. The SMILES string of the molecule is COC(=O)C1=C(C)N=c2s/c(=C/c3cn(-c4ccccc4)nc3-c3ccc(C)cc3)c(=O)n2[C@@H]1c1ccc(OC)cc1. The number of rotatable bonds is 6. The minimum absolute atomic E-state index is 0.254. The molecule has 3 aromatic carbocycles. The Morgan fingerprint density at radius 3 is 2.33 bits per heavy atom. The Balaban J connectivity index is 1.56. The van der Waals surface area contributed by atoms with Crippen LogP contribution in [0.4, 0.5) is 0 Å². The third-order valence-electron chi connectivity index (χ3n) is 7.23. The summed E-state index contributed by atoms with van der Waals surface area (Å²) in [6.07, 6.45) is 3.78. The number of thiazole rings is 1. The van der Waals surface area contributed by atoms with Crippen LogP contribution in [-0.2, 0) is 9.53 Å². The van der Waals surface area contributed by atoms with Gasteiger partial charge in [0.25, 0.3) is 5.56 Å². The first kappa shape index (κ1) is 27.2. The molecule has 42 heavy (non-hydrogen) atoms. The predicted molar refractivity (Wildman–Crippen MR) is 163 cm³/mol. The van der Waals surface area contributed by atoms with E-state index in [4.69, 9.17) is 14.6 Å². The number of ether oxygens (including phenoxy) is 2. The number of carbonyl (C=O) groups excluding carboxylic acids is 1. The normalized spacial score (nSPS) is 14.9. The van der Waals surface area contributed by atoms with Gasteiger partial charge in [-0.25, -0.2) is 14.5 Å². The van der Waals surface area contributed by atoms with Crippen molar-refractivity contribution in [3.8, 4) is 22.7 Å². The Morgan fingerprint density at radius 2 is 1.67 bits per heavy atom. The number of fused-ring (bicyclic) bond motifs is 1. The van der Waals surface area contributed by atoms with Gasteiger partial charge in [0, 0.05) is 17.3 Å². The minimum atomic E-state index is -0.703. The Kier molecular flexibility index (Phi) is 7.18. The second-order valence-corrected chi connectivity index (χ2v) is 10.9. The van der Waals surface area contributed by atoms with Crippen LogP contribution in [-0.4, -0.2) is 34.5 Å². The number of allylic oxidation sites excluding steroid dienone is 1. The lowest BCUT2D eigenvalue weighted by atomic mass is 9.96. The molecule has 0 spiro atoms. The molecule has 1 atom stereocenters. The van der Waals surface area contributed by atoms with E-state index in [1.165, 1.54) is 18.4 Å². The molecule has 8 nitrogen and oxygen atoms in total. The van der Waals surface area contributed by atoms with Crippen molar-refractivity contribution in [2.45, 2.75) is 19.9 Å². The van der Waals surface area contributed by atoms with E-state index in [-0.39, 0.29) is 5.56 Å². The van der Waals surface area contributed by atoms with Crippen LogP contribution in [0.1, 0.15) is 29.7 Å². The van der Waals surface area contributed by atoms with E-state index in [0.29, 0.717) is 26.4 Å². The van der Waals surface area contributed by atoms with Crippen molar-refractivity contribution in [2.75, 3.05) is 14.2 Å². The average Bonchev–Trinajstić information content (AvgIpc) is 3.57. The zero-order valence-corrected chi connectivity index (χ0v) is 24.4. The number of carbonyl (C=O) groups is 1. The fourth-order valence-corrected chi connectivity index (χ4v) is 6.11. The second kappa shape index (κ2) is 11.1. The molecule has 2 aromatic heterocycles. The number of methoxy groups -OCH3 is 2. The molecular formula is C33H28N4O4S. The van der Waals surface area contributed by atoms with Crippen molar-refractivity contribution in [3.63, 3.8) is 0 Å². The van der Waals surface area contributed by atoms with Crippen LogP contribution in [0.25, 0.3) is 23.0 Å². The van der Waals surface area contributed by atoms with Gasteiger partial charge in [-0.1, -0.05) is 71.5 Å². The van der Waals surface area contributed by atoms with E-state index in [2.05, 4.69) is 4.99 Å². The van der Waals surface area contributed by atoms with Gasteiger partial charge in [-0.15, -0.1) is 0 Å². The summed E-state index contributed by atoms with van der Waals surface area (Å²) >= 11 is 1.28. The number of para-hydroxylation sites is 1. The standard InChI is InChI=1S/C33H28N4O4S/c1-20-10-12-22(13-11-20)29-24(19-36(35-29)25-8-6-5-7-9-25)18-27-31(38)37-30(23-14-16-26(40-3)17-15-23)28(32(39)41-4)21(2)34-33(37)42-27/h5-19,30H,1-4H3/b27-18+/t30-/m1/s1. The first-order valence-electron chi connectivity index (χ1n) is 13.3. The highest BCUT2D eigenvalue weighted by Gasteiger charge is 2.33. The number of aryl methyl sites for hydroxylation is 1. The molecule has 0 saturated carbocycles. The van der Waals surface area contributed by atoms with Crippen LogP contribution in [0.15, 0.2) is 106 Å². The summed E-state index contributed by atoms with van der Waals surface area (Å²) in [6, 6.07) is 24.6. The van der Waals surface area contributed by atoms with Crippen molar-refractivity contribution in [3.05, 3.63) is 133 Å². The fraction of sp³-hybridized carbons (Fsp3) is 0.152. The topological polar surface area (TPSA) is 87.7 Å². The third kappa shape index (κ3) is 4.88. The molecule has 0 saturated heterocycles. The lowest BCUT2D eigenvalue weighted by Crippen LogP contribution is -2.39. The Bertz CT molecular complexity index is 2000. The number of aromatic nitrogens is 3. The molecule has 0 bridgehead atoms. The third-order valence-corrected chi connectivity index (χ3v) is 8.22. The van der Waals surface area contributed by atoms with Crippen molar-refractivity contribution < 1.29 is 14.3 Å². The van der Waals surface area contributed by atoms with Gasteiger partial charge in [0.1, 0.15) is 5.75 Å². The highest BCUT2D eigenvalue weighted by atomic mass is 32.1. The summed E-state index contributed by atoms with van der Waals surface area (Å²) in [7, 11) is 2.92. The number of hydrogen-bond donors (Lipinski definition) is 0. The largest absolute Gasteiger partial charge is 0.497 e. The van der Waals surface area contributed by atoms with Crippen molar-refractivity contribution >= 4 is 23.4 Å². The monoisotopic (exact) mass is 576 g/mol. The molecular weight excluding hydrogens is 548 g/mol. The van der Waals surface area contributed by atoms with E-state index in [0.717, 1.165) is 33.6 Å². The first-order valence-corrected chi connectivity index (χ1v) is 14.2. The highest BCUT2D eigenvalue weighted by molar-refractivity contribution is 7.07. The van der Waals surface area contributed by atoms with Crippen LogP contribution in [0, 0.1) is 6.92 Å². The average molecular weight is 577 g/mol. The molecule has 0 fully saturated rings. The number of hydrogen-bond acceptors (Lipinski definition) is 7. The van der Waals surface area contributed by atoms with Gasteiger partial charge in [-0.2, -0.15) is 5.10 Å². The highest BCUT2D eigenvalue weighted by Crippen LogP contribution is 2.31. The van der Waals surface area contributed by atoms with Gasteiger partial charge in [-0.05, 0) is 49.8 Å². The molecule has 1 aliphatic rings. The maximum Gasteiger partial charge on any atom is 0.338 e. The van der Waals surface area contributed by atoms with Gasteiger partial charge in [-0.3, -0.25) is 9.36 Å². The van der Waals surface area contributed by atoms with E-state index in [9.17, 15) is 9.59 Å². The van der Waals surface area contributed by atoms with Gasteiger partial charge < -0.3 is 9.47 Å². The van der Waals surface area contributed by atoms with Crippen LogP contribution >= 0.6 is 11.3 Å². The van der Waals surface area contributed by atoms with Crippen LogP contribution in [0.2, 0.25) is 0 Å². The molecule has 0 radical (unpaired) electrons. The van der Waals surface area contributed by atoms with Crippen molar-refractivity contribution in [1.82, 2.24) is 14.3 Å². The lowest BCUT2D eigenvalue weighted by molar-refractivity contribution is -0.136. The molecule has 9 heteroatoms. The summed E-state index contributed by atoms with van der Waals surface area (Å²) in [5.74, 6) is 0.141. The van der Waals surface area contributed by atoms with E-state index in [1.807, 2.05) is 90.6 Å². The van der Waals surface area contributed by atoms with Crippen LogP contribution in [0.3, 0.4) is 0 Å². The molecule has 0 N–H and O–H groups in total. The smallest absolute Gasteiger partial charge is 0.338 e. The Morgan fingerprint density at radius 1 is 0.952 bits per heavy atom. The van der Waals surface area contributed by atoms with Crippen molar-refractivity contribution in [2.24, 2.45) is 4.99 Å². The molecule has 0 unspecified atom stereocenters. The minimum Gasteiger partial charge on any atom is -0.497 e. The summed E-state index contributed by atoms with van der Waals surface area (Å²) in [4.78, 5) is 32.3. The van der Waals surface area contributed by atoms with E-state index in [1.54, 1.807) is 30.7 Å². The molecule has 210 valence electrons. The molecule has 0 amide bonds. The predicted octanol–water partition coefficient (Wildman–Crippen LogP) is 4.58. The van der Waals surface area contributed by atoms with E-state index < -0.39 is 12.0 Å². The number of nitrogens with zero attached hydrogens (tertiary/aromatic N) is 4. The summed E-state index contributed by atoms with van der Waals surface area (Å²) in [6.45, 7) is 3.80. The second-order valence-electron chi connectivity index (χ2n) is 9.93. The zero-order chi connectivity index (χ0) is 29.4. The summed E-state index contributed by atoms with van der Waals surface area (Å²) in [5.41, 5.74) is 5.85.